The largest absolute Gasteiger partial charge is 0.395 e. The number of urea groups is 1. The van der Waals surface area contributed by atoms with Crippen molar-refractivity contribution in [3.63, 3.8) is 0 Å². The lowest BCUT2D eigenvalue weighted by molar-refractivity contribution is 0.171. The van der Waals surface area contributed by atoms with Crippen LogP contribution in [0.4, 0.5) is 4.79 Å². The van der Waals surface area contributed by atoms with Gasteiger partial charge in [-0.3, -0.25) is 0 Å². The normalized spacial score (nSPS) is 11.8. The van der Waals surface area contributed by atoms with Gasteiger partial charge in [-0.05, 0) is 43.0 Å². The molecule has 2 amide bonds. The molecule has 0 aliphatic heterocycles. The van der Waals surface area contributed by atoms with Crippen LogP contribution in [-0.4, -0.2) is 29.2 Å². The van der Waals surface area contributed by atoms with Crippen LogP contribution in [0.3, 0.4) is 0 Å². The van der Waals surface area contributed by atoms with Gasteiger partial charge in [0.15, 0.2) is 0 Å². The quantitative estimate of drug-likeness (QED) is 0.852. The van der Waals surface area contributed by atoms with Crippen molar-refractivity contribution >= 4 is 6.03 Å². The minimum Gasteiger partial charge on any atom is -0.395 e. The van der Waals surface area contributed by atoms with Crippen LogP contribution in [0, 0.1) is 13.8 Å². The number of nitrogens with zero attached hydrogens (tertiary/aromatic N) is 1. The molecule has 2 N–H and O–H groups in total. The number of rotatable bonds is 6. The van der Waals surface area contributed by atoms with E-state index in [1.807, 2.05) is 49.4 Å². The minimum absolute atomic E-state index is 0.0574. The highest BCUT2D eigenvalue weighted by Crippen LogP contribution is 2.20. The fraction of sp³-hybridized carbons (Fsp3) is 0.350. The van der Waals surface area contributed by atoms with Gasteiger partial charge < -0.3 is 15.3 Å². The number of carbonyl (C=O) groups is 1. The third-order valence-corrected chi connectivity index (χ3v) is 4.33. The number of aryl methyl sites for hydroxylation is 1. The maximum absolute atomic E-state index is 12.6. The molecule has 2 aromatic rings. The van der Waals surface area contributed by atoms with Gasteiger partial charge in [-0.25, -0.2) is 4.79 Å². The molecule has 0 aliphatic carbocycles. The first-order valence-electron chi connectivity index (χ1n) is 8.29. The minimum atomic E-state index is -0.165. The van der Waals surface area contributed by atoms with Gasteiger partial charge in [0.1, 0.15) is 0 Å². The van der Waals surface area contributed by atoms with E-state index in [1.165, 1.54) is 11.1 Å². The molecule has 0 aromatic heterocycles. The molecule has 2 rings (SSSR count). The Morgan fingerprint density at radius 1 is 1.12 bits per heavy atom. The van der Waals surface area contributed by atoms with Crippen molar-refractivity contribution in [3.8, 4) is 0 Å². The van der Waals surface area contributed by atoms with E-state index in [1.54, 1.807) is 4.90 Å². The highest BCUT2D eigenvalue weighted by atomic mass is 16.3. The maximum atomic E-state index is 12.6. The third-order valence-electron chi connectivity index (χ3n) is 4.33. The zero-order valence-electron chi connectivity index (χ0n) is 14.6. The molecule has 4 heteroatoms. The monoisotopic (exact) mass is 326 g/mol. The van der Waals surface area contributed by atoms with E-state index in [0.29, 0.717) is 13.1 Å². The summed E-state index contributed by atoms with van der Waals surface area (Å²) in [5.74, 6) is 0. The summed E-state index contributed by atoms with van der Waals surface area (Å²) in [5, 5.41) is 12.3. The summed E-state index contributed by atoms with van der Waals surface area (Å²) in [6, 6.07) is 15.7. The molecule has 0 heterocycles. The van der Waals surface area contributed by atoms with Gasteiger partial charge in [0.05, 0.1) is 12.6 Å². The molecular weight excluding hydrogens is 300 g/mol. The predicted molar refractivity (Wildman–Crippen MR) is 96.8 cm³/mol. The van der Waals surface area contributed by atoms with Gasteiger partial charge in [0.2, 0.25) is 0 Å². The van der Waals surface area contributed by atoms with Gasteiger partial charge in [-0.2, -0.15) is 0 Å². The molecule has 2 aromatic carbocycles. The summed E-state index contributed by atoms with van der Waals surface area (Å²) < 4.78 is 0. The van der Waals surface area contributed by atoms with Crippen molar-refractivity contribution in [2.75, 3.05) is 13.2 Å². The van der Waals surface area contributed by atoms with Gasteiger partial charge in [-0.15, -0.1) is 0 Å². The molecule has 0 spiro atoms. The highest BCUT2D eigenvalue weighted by Gasteiger charge is 2.18. The number of benzene rings is 2. The van der Waals surface area contributed by atoms with Crippen LogP contribution >= 0.6 is 0 Å². The summed E-state index contributed by atoms with van der Waals surface area (Å²) in [7, 11) is 0. The van der Waals surface area contributed by atoms with E-state index in [9.17, 15) is 9.90 Å². The van der Waals surface area contributed by atoms with E-state index in [2.05, 4.69) is 25.2 Å². The standard InChI is InChI=1S/C20H26N2O2/c1-15-8-7-11-19(16(15)2)17(3)21-20(24)22(12-13-23)14-18-9-5-4-6-10-18/h4-11,17,23H,12-14H2,1-3H3,(H,21,24). The van der Waals surface area contributed by atoms with E-state index in [0.717, 1.165) is 11.1 Å². The summed E-state index contributed by atoms with van der Waals surface area (Å²) in [4.78, 5) is 14.3. The first-order chi connectivity index (χ1) is 11.5. The zero-order valence-corrected chi connectivity index (χ0v) is 14.6. The number of nitrogens with one attached hydrogen (secondary N) is 1. The Kier molecular flexibility index (Phi) is 6.38. The third kappa shape index (κ3) is 4.59. The number of hydrogen-bond acceptors (Lipinski definition) is 2. The molecule has 0 radical (unpaired) electrons. The average Bonchev–Trinajstić information content (AvgIpc) is 2.57. The van der Waals surface area contributed by atoms with Crippen LogP contribution < -0.4 is 5.32 Å². The van der Waals surface area contributed by atoms with Crippen LogP contribution in [0.25, 0.3) is 0 Å². The molecule has 1 unspecified atom stereocenters. The summed E-state index contributed by atoms with van der Waals surface area (Å²) in [6.07, 6.45) is 0. The Morgan fingerprint density at radius 2 is 1.83 bits per heavy atom. The molecule has 0 fully saturated rings. The van der Waals surface area contributed by atoms with Crippen molar-refractivity contribution in [3.05, 3.63) is 70.8 Å². The molecular formula is C20H26N2O2. The Bertz CT molecular complexity index is 671. The topological polar surface area (TPSA) is 52.6 Å². The lowest BCUT2D eigenvalue weighted by Crippen LogP contribution is -2.42. The lowest BCUT2D eigenvalue weighted by Gasteiger charge is -2.26. The van der Waals surface area contributed by atoms with E-state index < -0.39 is 0 Å². The van der Waals surface area contributed by atoms with Crippen molar-refractivity contribution in [1.29, 1.82) is 0 Å². The first-order valence-corrected chi connectivity index (χ1v) is 8.29. The number of aliphatic hydroxyl groups is 1. The van der Waals surface area contributed by atoms with Crippen LogP contribution in [0.1, 0.15) is 35.2 Å². The van der Waals surface area contributed by atoms with Crippen molar-refractivity contribution < 1.29 is 9.90 Å². The van der Waals surface area contributed by atoms with Crippen molar-refractivity contribution in [1.82, 2.24) is 10.2 Å². The van der Waals surface area contributed by atoms with Crippen molar-refractivity contribution in [2.45, 2.75) is 33.4 Å². The molecule has 0 saturated heterocycles. The predicted octanol–water partition coefficient (Wildman–Crippen LogP) is 3.57. The molecule has 0 bridgehead atoms. The SMILES string of the molecule is Cc1cccc(C(C)NC(=O)N(CCO)Cc2ccccc2)c1C. The second kappa shape index (κ2) is 8.50. The highest BCUT2D eigenvalue weighted by molar-refractivity contribution is 5.74. The first kappa shape index (κ1) is 18.0. The van der Waals surface area contributed by atoms with Crippen LogP contribution in [-0.2, 0) is 6.54 Å². The lowest BCUT2D eigenvalue weighted by atomic mass is 9.98. The molecule has 4 nitrogen and oxygen atoms in total. The maximum Gasteiger partial charge on any atom is 0.318 e. The summed E-state index contributed by atoms with van der Waals surface area (Å²) in [5.41, 5.74) is 4.57. The molecule has 0 saturated carbocycles. The molecule has 0 aliphatic rings. The number of aliphatic hydroxyl groups excluding tert-OH is 1. The van der Waals surface area contributed by atoms with Crippen LogP contribution in [0.5, 0.6) is 0 Å². The van der Waals surface area contributed by atoms with E-state index in [-0.39, 0.29) is 18.7 Å². The van der Waals surface area contributed by atoms with Crippen LogP contribution in [0.2, 0.25) is 0 Å². The van der Waals surface area contributed by atoms with Crippen LogP contribution in [0.15, 0.2) is 48.5 Å². The molecule has 128 valence electrons. The summed E-state index contributed by atoms with van der Waals surface area (Å²) >= 11 is 0. The second-order valence-electron chi connectivity index (χ2n) is 6.09. The van der Waals surface area contributed by atoms with Gasteiger partial charge in [0.25, 0.3) is 0 Å². The Balaban J connectivity index is 2.08. The van der Waals surface area contributed by atoms with Gasteiger partial charge in [-0.1, -0.05) is 48.5 Å². The van der Waals surface area contributed by atoms with Gasteiger partial charge >= 0.3 is 6.03 Å². The Labute approximate surface area is 144 Å². The smallest absolute Gasteiger partial charge is 0.318 e. The second-order valence-corrected chi connectivity index (χ2v) is 6.09. The number of hydrogen-bond donors (Lipinski definition) is 2. The molecule has 24 heavy (non-hydrogen) atoms. The summed E-state index contributed by atoms with van der Waals surface area (Å²) in [6.45, 7) is 6.86. The zero-order chi connectivity index (χ0) is 17.5. The number of amides is 2. The van der Waals surface area contributed by atoms with Gasteiger partial charge in [0, 0.05) is 13.1 Å². The Hall–Kier alpha value is -2.33. The van der Waals surface area contributed by atoms with Crippen molar-refractivity contribution in [2.24, 2.45) is 0 Å². The fourth-order valence-corrected chi connectivity index (χ4v) is 2.77. The van der Waals surface area contributed by atoms with E-state index in [4.69, 9.17) is 0 Å². The fourth-order valence-electron chi connectivity index (χ4n) is 2.77. The molecule has 1 atom stereocenters. The van der Waals surface area contributed by atoms with E-state index >= 15 is 0 Å². The Morgan fingerprint density at radius 3 is 2.50 bits per heavy atom. The number of carbonyl (C=O) groups excluding carboxylic acids is 1. The average molecular weight is 326 g/mol.